The SMILES string of the molecule is N#Cc1c[nH]c2cc(OC(F)(F)F)ccc2c1=O. The van der Waals surface area contributed by atoms with Gasteiger partial charge in [0.1, 0.15) is 17.4 Å². The Kier molecular flexibility index (Phi) is 2.71. The quantitative estimate of drug-likeness (QED) is 0.849. The van der Waals surface area contributed by atoms with Crippen molar-refractivity contribution in [1.29, 1.82) is 5.26 Å². The van der Waals surface area contributed by atoms with Crippen LogP contribution in [0.3, 0.4) is 0 Å². The number of hydrogen-bond acceptors (Lipinski definition) is 3. The number of nitrogens with zero attached hydrogens (tertiary/aromatic N) is 1. The van der Waals surface area contributed by atoms with Gasteiger partial charge in [0.05, 0.1) is 5.52 Å². The topological polar surface area (TPSA) is 65.9 Å². The van der Waals surface area contributed by atoms with Gasteiger partial charge < -0.3 is 9.72 Å². The third kappa shape index (κ3) is 2.27. The van der Waals surface area contributed by atoms with E-state index < -0.39 is 17.5 Å². The summed E-state index contributed by atoms with van der Waals surface area (Å²) in [5, 5.41) is 8.77. The van der Waals surface area contributed by atoms with Gasteiger partial charge in [-0.3, -0.25) is 4.79 Å². The van der Waals surface area contributed by atoms with Gasteiger partial charge in [0.2, 0.25) is 5.43 Å². The van der Waals surface area contributed by atoms with Crippen LogP contribution in [-0.4, -0.2) is 11.3 Å². The number of aromatic amines is 1. The maximum absolute atomic E-state index is 12.0. The van der Waals surface area contributed by atoms with Crippen molar-refractivity contribution in [3.8, 4) is 11.8 Å². The van der Waals surface area contributed by atoms with Gasteiger partial charge in [-0.25, -0.2) is 0 Å². The zero-order valence-electron chi connectivity index (χ0n) is 8.71. The first-order valence-corrected chi connectivity index (χ1v) is 4.72. The highest BCUT2D eigenvalue weighted by molar-refractivity contribution is 5.80. The first-order valence-electron chi connectivity index (χ1n) is 4.72. The molecule has 4 nitrogen and oxygen atoms in total. The van der Waals surface area contributed by atoms with Gasteiger partial charge in [0.25, 0.3) is 0 Å². The van der Waals surface area contributed by atoms with Gasteiger partial charge in [0.15, 0.2) is 0 Å². The molecule has 1 N–H and O–H groups in total. The summed E-state index contributed by atoms with van der Waals surface area (Å²) in [6.45, 7) is 0. The number of aromatic nitrogens is 1. The number of nitrogens with one attached hydrogen (secondary N) is 1. The van der Waals surface area contributed by atoms with E-state index in [0.717, 1.165) is 18.3 Å². The Morgan fingerprint density at radius 2 is 2.06 bits per heavy atom. The number of benzene rings is 1. The minimum atomic E-state index is -4.79. The number of rotatable bonds is 1. The van der Waals surface area contributed by atoms with E-state index in [1.807, 2.05) is 0 Å². The molecular formula is C11H5F3N2O2. The van der Waals surface area contributed by atoms with Gasteiger partial charge in [-0.1, -0.05) is 0 Å². The highest BCUT2D eigenvalue weighted by Crippen LogP contribution is 2.24. The molecule has 92 valence electrons. The van der Waals surface area contributed by atoms with Crippen molar-refractivity contribution in [3.05, 3.63) is 40.2 Å². The molecule has 2 rings (SSSR count). The molecule has 1 heterocycles. The normalized spacial score (nSPS) is 11.2. The Bertz CT molecular complexity index is 698. The fraction of sp³-hybridized carbons (Fsp3) is 0.0909. The van der Waals surface area contributed by atoms with Crippen LogP contribution in [0.2, 0.25) is 0 Å². The summed E-state index contributed by atoms with van der Waals surface area (Å²) < 4.78 is 39.7. The van der Waals surface area contributed by atoms with Crippen LogP contribution in [-0.2, 0) is 0 Å². The Balaban J connectivity index is 2.55. The number of ether oxygens (including phenoxy) is 1. The summed E-state index contributed by atoms with van der Waals surface area (Å²) >= 11 is 0. The minimum Gasteiger partial charge on any atom is -0.406 e. The van der Waals surface area contributed by atoms with Gasteiger partial charge in [-0.2, -0.15) is 5.26 Å². The summed E-state index contributed by atoms with van der Waals surface area (Å²) in [5.41, 5.74) is -0.474. The lowest BCUT2D eigenvalue weighted by molar-refractivity contribution is -0.274. The molecule has 0 saturated heterocycles. The molecule has 0 saturated carbocycles. The molecule has 1 aromatic heterocycles. The third-order valence-corrected chi connectivity index (χ3v) is 2.21. The van der Waals surface area contributed by atoms with Gasteiger partial charge in [0, 0.05) is 17.6 Å². The van der Waals surface area contributed by atoms with E-state index in [0.29, 0.717) is 0 Å². The molecule has 0 radical (unpaired) electrons. The Labute approximate surface area is 98.2 Å². The molecule has 18 heavy (non-hydrogen) atoms. The average Bonchev–Trinajstić information content (AvgIpc) is 2.27. The third-order valence-electron chi connectivity index (χ3n) is 2.21. The fourth-order valence-corrected chi connectivity index (χ4v) is 1.48. The van der Waals surface area contributed by atoms with Crippen molar-refractivity contribution in [1.82, 2.24) is 4.98 Å². The number of alkyl halides is 3. The highest BCUT2D eigenvalue weighted by Gasteiger charge is 2.31. The predicted molar refractivity (Wildman–Crippen MR) is 56.0 cm³/mol. The number of fused-ring (bicyclic) bond motifs is 1. The van der Waals surface area contributed by atoms with E-state index in [1.165, 1.54) is 6.07 Å². The summed E-state index contributed by atoms with van der Waals surface area (Å²) in [4.78, 5) is 14.2. The molecule has 7 heteroatoms. The lowest BCUT2D eigenvalue weighted by atomic mass is 10.1. The molecule has 0 aliphatic carbocycles. The number of halogens is 3. The van der Waals surface area contributed by atoms with Gasteiger partial charge in [-0.05, 0) is 12.1 Å². The number of nitriles is 1. The molecule has 0 aliphatic rings. The second-order valence-electron chi connectivity index (χ2n) is 3.40. The summed E-state index contributed by atoms with van der Waals surface area (Å²) in [5.74, 6) is -0.435. The molecule has 1 aromatic carbocycles. The molecule has 0 unspecified atom stereocenters. The van der Waals surface area contributed by atoms with Crippen molar-refractivity contribution in [2.75, 3.05) is 0 Å². The van der Waals surface area contributed by atoms with Crippen molar-refractivity contribution in [2.45, 2.75) is 6.36 Å². The molecule has 0 atom stereocenters. The van der Waals surface area contributed by atoms with E-state index in [9.17, 15) is 18.0 Å². The maximum Gasteiger partial charge on any atom is 0.573 e. The van der Waals surface area contributed by atoms with E-state index in [1.54, 1.807) is 6.07 Å². The molecule has 0 bridgehead atoms. The smallest absolute Gasteiger partial charge is 0.406 e. The van der Waals surface area contributed by atoms with E-state index in [-0.39, 0.29) is 16.5 Å². The van der Waals surface area contributed by atoms with Crippen LogP contribution >= 0.6 is 0 Å². The first-order chi connectivity index (χ1) is 8.40. The summed E-state index contributed by atoms with van der Waals surface area (Å²) in [6.07, 6.45) is -3.65. The van der Waals surface area contributed by atoms with Crippen molar-refractivity contribution in [2.24, 2.45) is 0 Å². The van der Waals surface area contributed by atoms with E-state index in [4.69, 9.17) is 5.26 Å². The largest absolute Gasteiger partial charge is 0.573 e. The second kappa shape index (κ2) is 4.07. The fourth-order valence-electron chi connectivity index (χ4n) is 1.48. The van der Waals surface area contributed by atoms with Crippen LogP contribution in [0.1, 0.15) is 5.56 Å². The minimum absolute atomic E-state index is 0.105. The van der Waals surface area contributed by atoms with Crippen molar-refractivity contribution in [3.63, 3.8) is 0 Å². The van der Waals surface area contributed by atoms with Gasteiger partial charge in [-0.15, -0.1) is 13.2 Å². The highest BCUT2D eigenvalue weighted by atomic mass is 19.4. The van der Waals surface area contributed by atoms with Crippen LogP contribution in [0, 0.1) is 11.3 Å². The number of H-pyrrole nitrogens is 1. The molecule has 0 amide bonds. The zero-order chi connectivity index (χ0) is 13.3. The van der Waals surface area contributed by atoms with Crippen LogP contribution < -0.4 is 10.2 Å². The molecule has 0 aliphatic heterocycles. The van der Waals surface area contributed by atoms with Crippen LogP contribution in [0.25, 0.3) is 10.9 Å². The van der Waals surface area contributed by atoms with Crippen LogP contribution in [0.15, 0.2) is 29.2 Å². The Hall–Kier alpha value is -2.49. The van der Waals surface area contributed by atoms with Crippen LogP contribution in [0.4, 0.5) is 13.2 Å². The summed E-state index contributed by atoms with van der Waals surface area (Å²) in [7, 11) is 0. The number of hydrogen-bond donors (Lipinski definition) is 1. The molecule has 2 aromatic rings. The molecule has 0 spiro atoms. The van der Waals surface area contributed by atoms with Crippen molar-refractivity contribution >= 4 is 10.9 Å². The zero-order valence-corrected chi connectivity index (χ0v) is 8.71. The molecular weight excluding hydrogens is 249 g/mol. The standard InChI is InChI=1S/C11H5F3N2O2/c12-11(13,14)18-7-1-2-8-9(3-7)16-5-6(4-15)10(8)17/h1-3,5H,(H,16,17). The monoisotopic (exact) mass is 254 g/mol. The Morgan fingerprint density at radius 1 is 1.33 bits per heavy atom. The number of pyridine rings is 1. The second-order valence-corrected chi connectivity index (χ2v) is 3.40. The van der Waals surface area contributed by atoms with Crippen molar-refractivity contribution < 1.29 is 17.9 Å². The first kappa shape index (κ1) is 12.0. The van der Waals surface area contributed by atoms with Gasteiger partial charge >= 0.3 is 6.36 Å². The summed E-state index contributed by atoms with van der Waals surface area (Å²) in [6, 6.07) is 4.93. The van der Waals surface area contributed by atoms with Crippen LogP contribution in [0.5, 0.6) is 5.75 Å². The lowest BCUT2D eigenvalue weighted by Gasteiger charge is -2.09. The Morgan fingerprint density at radius 3 is 2.67 bits per heavy atom. The lowest BCUT2D eigenvalue weighted by Crippen LogP contribution is -2.17. The van der Waals surface area contributed by atoms with E-state index >= 15 is 0 Å². The average molecular weight is 254 g/mol. The molecule has 0 fully saturated rings. The van der Waals surface area contributed by atoms with E-state index in [2.05, 4.69) is 9.72 Å². The predicted octanol–water partition coefficient (Wildman–Crippen LogP) is 2.30. The maximum atomic E-state index is 12.0.